The van der Waals surface area contributed by atoms with Crippen molar-refractivity contribution in [3.63, 3.8) is 0 Å². The fraction of sp³-hybridized carbons (Fsp3) is 0.400. The SMILES string of the molecule is Cc1cc(C)cc(C2(C(=O)Nc3cc(-c4nnc5n4CCCCC5)ccc3F)CC2)c1. The average Bonchev–Trinajstić information content (AvgIpc) is 3.50. The number of amides is 1. The number of hydrogen-bond donors (Lipinski definition) is 1. The number of fused-ring (bicyclic) bond motifs is 1. The number of nitrogens with zero attached hydrogens (tertiary/aromatic N) is 3. The first-order valence-electron chi connectivity index (χ1n) is 11.1. The number of aryl methyl sites for hydroxylation is 3. The van der Waals surface area contributed by atoms with E-state index in [0.29, 0.717) is 0 Å². The van der Waals surface area contributed by atoms with Gasteiger partial charge in [0.2, 0.25) is 5.91 Å². The van der Waals surface area contributed by atoms with Crippen LogP contribution in [-0.4, -0.2) is 20.7 Å². The van der Waals surface area contributed by atoms with Crippen molar-refractivity contribution in [3.05, 3.63) is 64.7 Å². The maximum atomic E-state index is 14.7. The van der Waals surface area contributed by atoms with Gasteiger partial charge in [0.1, 0.15) is 11.6 Å². The smallest absolute Gasteiger partial charge is 0.235 e. The highest BCUT2D eigenvalue weighted by Gasteiger charge is 2.51. The first kappa shape index (κ1) is 19.9. The lowest BCUT2D eigenvalue weighted by Crippen LogP contribution is -2.28. The molecule has 0 unspecified atom stereocenters. The maximum absolute atomic E-state index is 14.7. The Hall–Kier alpha value is -3.02. The Morgan fingerprint density at radius 2 is 1.81 bits per heavy atom. The van der Waals surface area contributed by atoms with Crippen LogP contribution >= 0.6 is 0 Å². The van der Waals surface area contributed by atoms with Crippen LogP contribution in [0.1, 0.15) is 54.6 Å². The predicted molar refractivity (Wildman–Crippen MR) is 118 cm³/mol. The van der Waals surface area contributed by atoms with Crippen LogP contribution in [0.4, 0.5) is 10.1 Å². The summed E-state index contributed by atoms with van der Waals surface area (Å²) in [6.45, 7) is 4.94. The molecule has 1 aliphatic carbocycles. The highest BCUT2D eigenvalue weighted by molar-refractivity contribution is 6.01. The van der Waals surface area contributed by atoms with Gasteiger partial charge in [-0.1, -0.05) is 35.7 Å². The Morgan fingerprint density at radius 1 is 1.03 bits per heavy atom. The molecule has 1 N–H and O–H groups in total. The summed E-state index contributed by atoms with van der Waals surface area (Å²) in [6, 6.07) is 11.0. The van der Waals surface area contributed by atoms with Crippen LogP contribution in [0.5, 0.6) is 0 Å². The zero-order valence-corrected chi connectivity index (χ0v) is 18.0. The van der Waals surface area contributed by atoms with Crippen molar-refractivity contribution in [2.75, 3.05) is 5.32 Å². The second kappa shape index (κ2) is 7.59. The van der Waals surface area contributed by atoms with Crippen molar-refractivity contribution in [1.29, 1.82) is 0 Å². The number of rotatable bonds is 4. The zero-order valence-electron chi connectivity index (χ0n) is 18.0. The number of hydrogen-bond acceptors (Lipinski definition) is 3. The van der Waals surface area contributed by atoms with Crippen molar-refractivity contribution in [2.45, 2.75) is 64.3 Å². The average molecular weight is 419 g/mol. The fourth-order valence-corrected chi connectivity index (χ4v) is 4.72. The lowest BCUT2D eigenvalue weighted by Gasteiger charge is -2.18. The number of carbonyl (C=O) groups excluding carboxylic acids is 1. The second-order valence-corrected chi connectivity index (χ2v) is 9.01. The summed E-state index contributed by atoms with van der Waals surface area (Å²) in [7, 11) is 0. The van der Waals surface area contributed by atoms with Gasteiger partial charge >= 0.3 is 0 Å². The van der Waals surface area contributed by atoms with Crippen molar-refractivity contribution in [1.82, 2.24) is 14.8 Å². The summed E-state index contributed by atoms with van der Waals surface area (Å²) in [4.78, 5) is 13.2. The summed E-state index contributed by atoms with van der Waals surface area (Å²) in [5.74, 6) is 1.13. The summed E-state index contributed by atoms with van der Waals surface area (Å²) < 4.78 is 16.8. The minimum atomic E-state index is -0.564. The van der Waals surface area contributed by atoms with E-state index in [1.807, 2.05) is 13.8 Å². The summed E-state index contributed by atoms with van der Waals surface area (Å²) >= 11 is 0. The van der Waals surface area contributed by atoms with E-state index >= 15 is 0 Å². The molecule has 1 aliphatic heterocycles. The number of nitrogens with one attached hydrogen (secondary N) is 1. The Bertz CT molecular complexity index is 1140. The number of aromatic nitrogens is 3. The van der Waals surface area contributed by atoms with Gasteiger partial charge in [0.25, 0.3) is 0 Å². The van der Waals surface area contributed by atoms with Gasteiger partial charge in [-0.25, -0.2) is 4.39 Å². The Kier molecular flexibility index (Phi) is 4.88. The Labute approximate surface area is 181 Å². The van der Waals surface area contributed by atoms with E-state index in [-0.39, 0.29) is 11.6 Å². The number of halogens is 1. The molecule has 1 amide bonds. The zero-order chi connectivity index (χ0) is 21.6. The minimum absolute atomic E-state index is 0.145. The summed E-state index contributed by atoms with van der Waals surface area (Å²) in [6.07, 6.45) is 5.84. The van der Waals surface area contributed by atoms with Crippen molar-refractivity contribution < 1.29 is 9.18 Å². The molecule has 2 heterocycles. The second-order valence-electron chi connectivity index (χ2n) is 9.01. The molecule has 0 bridgehead atoms. The molecule has 5 nitrogen and oxygen atoms in total. The van der Waals surface area contributed by atoms with Gasteiger partial charge in [0.15, 0.2) is 5.82 Å². The molecule has 0 radical (unpaired) electrons. The van der Waals surface area contributed by atoms with E-state index in [0.717, 1.165) is 72.6 Å². The molecule has 31 heavy (non-hydrogen) atoms. The van der Waals surface area contributed by atoms with Crippen LogP contribution < -0.4 is 5.32 Å². The molecule has 160 valence electrons. The van der Waals surface area contributed by atoms with E-state index in [4.69, 9.17) is 0 Å². The van der Waals surface area contributed by atoms with Gasteiger partial charge in [-0.3, -0.25) is 4.79 Å². The largest absolute Gasteiger partial charge is 0.323 e. The molecule has 1 saturated carbocycles. The van der Waals surface area contributed by atoms with E-state index in [1.165, 1.54) is 12.5 Å². The van der Waals surface area contributed by atoms with E-state index < -0.39 is 11.2 Å². The molecule has 6 heteroatoms. The molecule has 1 fully saturated rings. The van der Waals surface area contributed by atoms with E-state index in [9.17, 15) is 9.18 Å². The lowest BCUT2D eigenvalue weighted by atomic mass is 9.92. The van der Waals surface area contributed by atoms with Crippen LogP contribution in [0.25, 0.3) is 11.4 Å². The van der Waals surface area contributed by atoms with Crippen molar-refractivity contribution >= 4 is 11.6 Å². The number of benzene rings is 2. The monoisotopic (exact) mass is 418 g/mol. The number of carbonyl (C=O) groups is 1. The first-order chi connectivity index (χ1) is 15.0. The predicted octanol–water partition coefficient (Wildman–Crippen LogP) is 5.10. The molecular formula is C25H27FN4O. The molecule has 0 saturated heterocycles. The van der Waals surface area contributed by atoms with E-state index in [1.54, 1.807) is 12.1 Å². The molecule has 2 aliphatic rings. The highest BCUT2D eigenvalue weighted by Crippen LogP contribution is 2.49. The van der Waals surface area contributed by atoms with E-state index in [2.05, 4.69) is 38.3 Å². The maximum Gasteiger partial charge on any atom is 0.235 e. The molecular weight excluding hydrogens is 391 g/mol. The lowest BCUT2D eigenvalue weighted by molar-refractivity contribution is -0.118. The van der Waals surface area contributed by atoms with Crippen molar-refractivity contribution in [2.24, 2.45) is 0 Å². The third kappa shape index (κ3) is 3.64. The van der Waals surface area contributed by atoms with Gasteiger partial charge in [-0.05, 0) is 63.3 Å². The Balaban J connectivity index is 1.44. The normalized spacial score (nSPS) is 17.0. The molecule has 0 atom stereocenters. The van der Waals surface area contributed by atoms with Gasteiger partial charge in [-0.15, -0.1) is 10.2 Å². The van der Waals surface area contributed by atoms with Gasteiger partial charge in [0, 0.05) is 18.5 Å². The molecule has 2 aromatic carbocycles. The fourth-order valence-electron chi connectivity index (χ4n) is 4.72. The minimum Gasteiger partial charge on any atom is -0.323 e. The molecule has 0 spiro atoms. The highest BCUT2D eigenvalue weighted by atomic mass is 19.1. The first-order valence-corrected chi connectivity index (χ1v) is 11.1. The van der Waals surface area contributed by atoms with Gasteiger partial charge in [0.05, 0.1) is 11.1 Å². The van der Waals surface area contributed by atoms with Crippen molar-refractivity contribution in [3.8, 4) is 11.4 Å². The van der Waals surface area contributed by atoms with Crippen LogP contribution in [0.15, 0.2) is 36.4 Å². The van der Waals surface area contributed by atoms with Crippen LogP contribution in [-0.2, 0) is 23.2 Å². The van der Waals surface area contributed by atoms with Gasteiger partial charge < -0.3 is 9.88 Å². The van der Waals surface area contributed by atoms with Crippen LogP contribution in [0.3, 0.4) is 0 Å². The molecule has 3 aromatic rings. The topological polar surface area (TPSA) is 59.8 Å². The molecule has 5 rings (SSSR count). The standard InChI is InChI=1S/C25H27FN4O/c1-16-12-17(2)14-19(13-16)25(9-10-25)24(31)27-21-15-18(7-8-20(21)26)23-29-28-22-6-4-3-5-11-30(22)23/h7-8,12-15H,3-6,9-11H2,1-2H3,(H,27,31). The Morgan fingerprint density at radius 3 is 2.55 bits per heavy atom. The van der Waals surface area contributed by atoms with Crippen LogP contribution in [0.2, 0.25) is 0 Å². The number of anilines is 1. The quantitative estimate of drug-likeness (QED) is 0.641. The third-order valence-corrected chi connectivity index (χ3v) is 6.54. The van der Waals surface area contributed by atoms with Crippen LogP contribution in [0, 0.1) is 19.7 Å². The van der Waals surface area contributed by atoms with Gasteiger partial charge in [-0.2, -0.15) is 0 Å². The molecule has 1 aromatic heterocycles. The summed E-state index contributed by atoms with van der Waals surface area (Å²) in [5.41, 5.74) is 3.69. The third-order valence-electron chi connectivity index (χ3n) is 6.54. The summed E-state index contributed by atoms with van der Waals surface area (Å²) in [5, 5.41) is 11.6.